The van der Waals surface area contributed by atoms with E-state index >= 15 is 0 Å². The first kappa shape index (κ1) is 25.4. The lowest BCUT2D eigenvalue weighted by Gasteiger charge is -2.28. The molecule has 7 nitrogen and oxygen atoms in total. The van der Waals surface area contributed by atoms with Crippen LogP contribution in [0.2, 0.25) is 0 Å². The summed E-state index contributed by atoms with van der Waals surface area (Å²) in [5.74, 6) is -1.66. The van der Waals surface area contributed by atoms with Crippen LogP contribution in [0.15, 0.2) is 53.9 Å². The first-order chi connectivity index (χ1) is 17.3. The molecule has 36 heavy (non-hydrogen) atoms. The number of aliphatic carboxylic acids is 1. The van der Waals surface area contributed by atoms with Gasteiger partial charge in [-0.05, 0) is 72.9 Å². The molecular weight excluding hydrogens is 474 g/mol. The fourth-order valence-corrected chi connectivity index (χ4v) is 5.51. The molecule has 3 aromatic rings. The normalized spacial score (nSPS) is 14.6. The maximum Gasteiger partial charge on any atom is 0.326 e. The van der Waals surface area contributed by atoms with Crippen molar-refractivity contribution in [2.24, 2.45) is 5.92 Å². The van der Waals surface area contributed by atoms with Crippen LogP contribution < -0.4 is 16.0 Å². The Bertz CT molecular complexity index is 1230. The van der Waals surface area contributed by atoms with E-state index in [1.54, 1.807) is 23.5 Å². The number of urea groups is 1. The Morgan fingerprint density at radius 3 is 2.31 bits per heavy atom. The zero-order valence-electron chi connectivity index (χ0n) is 20.5. The van der Waals surface area contributed by atoms with Gasteiger partial charge in [0.15, 0.2) is 0 Å². The van der Waals surface area contributed by atoms with Gasteiger partial charge in [0.05, 0.1) is 11.3 Å². The van der Waals surface area contributed by atoms with Gasteiger partial charge in [-0.1, -0.05) is 49.6 Å². The number of carboxylic acids is 1. The van der Waals surface area contributed by atoms with Gasteiger partial charge in [0.1, 0.15) is 6.04 Å². The Kier molecular flexibility index (Phi) is 8.05. The molecule has 2 aromatic carbocycles. The van der Waals surface area contributed by atoms with E-state index in [0.29, 0.717) is 11.4 Å². The van der Waals surface area contributed by atoms with Gasteiger partial charge in [-0.25, -0.2) is 9.59 Å². The van der Waals surface area contributed by atoms with Gasteiger partial charge in [-0.15, -0.1) is 11.3 Å². The van der Waals surface area contributed by atoms with Crippen LogP contribution >= 0.6 is 11.3 Å². The number of aryl methyl sites for hydroxylation is 2. The third-order valence-electron chi connectivity index (χ3n) is 6.71. The molecule has 1 unspecified atom stereocenters. The number of hydrogen-bond donors (Lipinski definition) is 4. The number of nitrogens with one attached hydrogen (secondary N) is 3. The van der Waals surface area contributed by atoms with Crippen LogP contribution in [0.25, 0.3) is 10.4 Å². The van der Waals surface area contributed by atoms with Crippen LogP contribution in [0.3, 0.4) is 0 Å². The second-order valence-corrected chi connectivity index (χ2v) is 10.2. The van der Waals surface area contributed by atoms with E-state index in [-0.39, 0.29) is 11.5 Å². The summed E-state index contributed by atoms with van der Waals surface area (Å²) in [5, 5.41) is 20.2. The summed E-state index contributed by atoms with van der Waals surface area (Å²) in [6, 6.07) is 13.4. The highest BCUT2D eigenvalue weighted by molar-refractivity contribution is 7.13. The van der Waals surface area contributed by atoms with Gasteiger partial charge >= 0.3 is 12.0 Å². The van der Waals surface area contributed by atoms with Crippen molar-refractivity contribution in [1.82, 2.24) is 5.32 Å². The molecule has 0 aliphatic heterocycles. The van der Waals surface area contributed by atoms with Gasteiger partial charge in [0.25, 0.3) is 5.91 Å². The van der Waals surface area contributed by atoms with E-state index in [0.717, 1.165) is 53.7 Å². The summed E-state index contributed by atoms with van der Waals surface area (Å²) >= 11 is 1.55. The van der Waals surface area contributed by atoms with Gasteiger partial charge in [0, 0.05) is 10.6 Å². The number of hydrogen-bond acceptors (Lipinski definition) is 4. The smallest absolute Gasteiger partial charge is 0.326 e. The van der Waals surface area contributed by atoms with E-state index in [4.69, 9.17) is 0 Å². The number of carbonyl (C=O) groups is 3. The quantitative estimate of drug-likeness (QED) is 0.296. The highest BCUT2D eigenvalue weighted by Crippen LogP contribution is 2.31. The molecule has 1 aliphatic rings. The van der Waals surface area contributed by atoms with Gasteiger partial charge in [-0.2, -0.15) is 0 Å². The second-order valence-electron chi connectivity index (χ2n) is 9.27. The molecule has 0 spiro atoms. The van der Waals surface area contributed by atoms with E-state index in [9.17, 15) is 19.5 Å². The molecule has 0 saturated heterocycles. The lowest BCUT2D eigenvalue weighted by molar-refractivity contribution is -0.141. The van der Waals surface area contributed by atoms with E-state index in [2.05, 4.69) is 16.0 Å². The zero-order chi connectivity index (χ0) is 25.7. The summed E-state index contributed by atoms with van der Waals surface area (Å²) in [5.41, 5.74) is 3.94. The number of rotatable bonds is 7. The van der Waals surface area contributed by atoms with Crippen LogP contribution in [0.4, 0.5) is 16.2 Å². The van der Waals surface area contributed by atoms with Crippen LogP contribution in [-0.4, -0.2) is 29.1 Å². The molecule has 1 aliphatic carbocycles. The molecule has 1 fully saturated rings. The highest BCUT2D eigenvalue weighted by Gasteiger charge is 2.31. The van der Waals surface area contributed by atoms with Crippen molar-refractivity contribution in [2.75, 3.05) is 10.6 Å². The summed E-state index contributed by atoms with van der Waals surface area (Å²) in [6.07, 6.45) is 4.57. The first-order valence-electron chi connectivity index (χ1n) is 12.2. The highest BCUT2D eigenvalue weighted by atomic mass is 32.1. The van der Waals surface area contributed by atoms with E-state index < -0.39 is 23.9 Å². The van der Waals surface area contributed by atoms with Crippen molar-refractivity contribution < 1.29 is 19.5 Å². The molecule has 4 rings (SSSR count). The minimum atomic E-state index is -1.03. The number of carbonyl (C=O) groups excluding carboxylic acids is 2. The molecule has 3 amide bonds. The van der Waals surface area contributed by atoms with E-state index in [1.165, 1.54) is 0 Å². The molecule has 8 heteroatoms. The number of para-hydroxylation sites is 1. The topological polar surface area (TPSA) is 108 Å². The number of carboxylic acid groups (broad SMARTS) is 1. The number of benzene rings is 2. The van der Waals surface area contributed by atoms with Crippen molar-refractivity contribution in [3.8, 4) is 10.4 Å². The molecule has 1 saturated carbocycles. The average molecular weight is 506 g/mol. The van der Waals surface area contributed by atoms with Crippen molar-refractivity contribution >= 4 is 40.6 Å². The standard InChI is InChI=1S/C28H31N3O4S/c1-17-8-6-9-18(2)24(17)31-28(35)29-22-16-20(23-12-7-15-36-23)13-14-21(22)26(32)30-25(27(33)34)19-10-4-3-5-11-19/h6-9,12-16,19,25H,3-5,10-11H2,1-2H3,(H,30,32)(H,33,34)(H2,29,31,35). The predicted octanol–water partition coefficient (Wildman–Crippen LogP) is 6.44. The summed E-state index contributed by atoms with van der Waals surface area (Å²) in [4.78, 5) is 39.3. The number of thiophene rings is 1. The van der Waals surface area contributed by atoms with Crippen molar-refractivity contribution in [2.45, 2.75) is 52.0 Å². The molecule has 0 bridgehead atoms. The Morgan fingerprint density at radius 1 is 0.944 bits per heavy atom. The van der Waals surface area contributed by atoms with Gasteiger partial charge < -0.3 is 21.1 Å². The van der Waals surface area contributed by atoms with Gasteiger partial charge in [-0.3, -0.25) is 4.79 Å². The Morgan fingerprint density at radius 2 is 1.67 bits per heavy atom. The van der Waals surface area contributed by atoms with Crippen LogP contribution in [0.1, 0.15) is 53.6 Å². The largest absolute Gasteiger partial charge is 0.480 e. The van der Waals surface area contributed by atoms with Crippen LogP contribution in [-0.2, 0) is 4.79 Å². The maximum absolute atomic E-state index is 13.3. The third-order valence-corrected chi connectivity index (χ3v) is 7.63. The lowest BCUT2D eigenvalue weighted by atomic mass is 9.83. The molecule has 188 valence electrons. The molecule has 1 atom stereocenters. The van der Waals surface area contributed by atoms with E-state index in [1.807, 2.05) is 55.6 Å². The maximum atomic E-state index is 13.3. The van der Waals surface area contributed by atoms with Gasteiger partial charge in [0.2, 0.25) is 0 Å². The lowest BCUT2D eigenvalue weighted by Crippen LogP contribution is -2.46. The molecule has 0 radical (unpaired) electrons. The Balaban J connectivity index is 1.61. The summed E-state index contributed by atoms with van der Waals surface area (Å²) in [7, 11) is 0. The predicted molar refractivity (Wildman–Crippen MR) is 144 cm³/mol. The number of anilines is 2. The van der Waals surface area contributed by atoms with Crippen LogP contribution in [0.5, 0.6) is 0 Å². The SMILES string of the molecule is Cc1cccc(C)c1NC(=O)Nc1cc(-c2cccs2)ccc1C(=O)NC(C(=O)O)C1CCCCC1. The molecular formula is C28H31N3O4S. The van der Waals surface area contributed by atoms with Crippen LogP contribution in [0, 0.1) is 19.8 Å². The molecule has 1 aromatic heterocycles. The monoisotopic (exact) mass is 505 g/mol. The minimum absolute atomic E-state index is 0.102. The molecule has 4 N–H and O–H groups in total. The zero-order valence-corrected chi connectivity index (χ0v) is 21.3. The first-order valence-corrected chi connectivity index (χ1v) is 13.1. The average Bonchev–Trinajstić information content (AvgIpc) is 3.40. The second kappa shape index (κ2) is 11.4. The molecule has 1 heterocycles. The minimum Gasteiger partial charge on any atom is -0.480 e. The van der Waals surface area contributed by atoms with Crippen molar-refractivity contribution in [3.05, 3.63) is 70.6 Å². The van der Waals surface area contributed by atoms with Crippen molar-refractivity contribution in [3.63, 3.8) is 0 Å². The fraction of sp³-hybridized carbons (Fsp3) is 0.321. The summed E-state index contributed by atoms with van der Waals surface area (Å²) < 4.78 is 0. The Hall–Kier alpha value is -3.65. The third kappa shape index (κ3) is 5.94. The summed E-state index contributed by atoms with van der Waals surface area (Å²) in [6.45, 7) is 3.83. The Labute approximate surface area is 214 Å². The van der Waals surface area contributed by atoms with Crippen molar-refractivity contribution in [1.29, 1.82) is 0 Å². The fourth-order valence-electron chi connectivity index (χ4n) is 4.79. The number of amides is 3.